The number of aromatic amines is 1. The van der Waals surface area contributed by atoms with Gasteiger partial charge in [0.1, 0.15) is 11.9 Å². The first kappa shape index (κ1) is 27.9. The summed E-state index contributed by atoms with van der Waals surface area (Å²) in [6, 6.07) is 17.9. The van der Waals surface area contributed by atoms with E-state index in [1.54, 1.807) is 35.2 Å². The van der Waals surface area contributed by atoms with E-state index in [-0.39, 0.29) is 18.2 Å². The van der Waals surface area contributed by atoms with Crippen LogP contribution in [0, 0.1) is 18.8 Å². The monoisotopic (exact) mass is 553 g/mol. The highest BCUT2D eigenvalue weighted by Crippen LogP contribution is 2.33. The summed E-state index contributed by atoms with van der Waals surface area (Å²) in [7, 11) is 0. The number of primary amides is 1. The van der Waals surface area contributed by atoms with Gasteiger partial charge in [0.25, 0.3) is 0 Å². The zero-order valence-corrected chi connectivity index (χ0v) is 23.0. The molecule has 1 aliphatic rings. The molecule has 1 saturated carbocycles. The van der Waals surface area contributed by atoms with Gasteiger partial charge in [-0.3, -0.25) is 14.5 Å². The summed E-state index contributed by atoms with van der Waals surface area (Å²) in [6.45, 7) is 2.52. The summed E-state index contributed by atoms with van der Waals surface area (Å²) in [5, 5.41) is 14.1. The lowest BCUT2D eigenvalue weighted by molar-refractivity contribution is -0.127. The number of nitrogens with zero attached hydrogens (tertiary/aromatic N) is 5. The molecule has 2 heterocycles. The summed E-state index contributed by atoms with van der Waals surface area (Å²) in [6.07, 6.45) is 3.47. The molecule has 212 valence electrons. The number of carbonyl (C=O) groups is 2. The normalized spacial score (nSPS) is 17.6. The van der Waals surface area contributed by atoms with E-state index in [0.29, 0.717) is 29.8 Å². The number of amides is 2. The van der Waals surface area contributed by atoms with Crippen LogP contribution in [-0.2, 0) is 16.0 Å². The van der Waals surface area contributed by atoms with Crippen molar-refractivity contribution < 1.29 is 9.59 Å². The maximum Gasteiger partial charge on any atom is 0.240 e. The zero-order valence-electron chi connectivity index (χ0n) is 23.0. The molecule has 5 rings (SSSR count). The first-order valence-electron chi connectivity index (χ1n) is 13.8. The standard InChI is InChI=1S/C30H35N9O2/c1-18-25(13-14-27(32)34-18)23-4-2-3-20(15-23)16-26(28(33)40)39(30(41)22-7-5-19(17-31)6-8-22)24-11-9-21(10-12-24)29-35-37-38-36-29/h2-4,9-15,19,22,26H,5-8,16-17,31H2,1H3,(H2,32,34)(H2,33,40)(H,35,36,37,38)/t19?,22?,26-/m0/s1. The molecule has 2 amide bonds. The number of H-pyrrole nitrogens is 1. The summed E-state index contributed by atoms with van der Waals surface area (Å²) >= 11 is 0. The Kier molecular flexibility index (Phi) is 8.34. The number of rotatable bonds is 9. The Morgan fingerprint density at radius 1 is 1.02 bits per heavy atom. The van der Waals surface area contributed by atoms with Crippen LogP contribution in [0.4, 0.5) is 11.5 Å². The van der Waals surface area contributed by atoms with Crippen LogP contribution in [-0.4, -0.2) is 50.0 Å². The molecule has 1 atom stereocenters. The summed E-state index contributed by atoms with van der Waals surface area (Å²) in [4.78, 5) is 33.2. The Morgan fingerprint density at radius 3 is 2.41 bits per heavy atom. The lowest BCUT2D eigenvalue weighted by Crippen LogP contribution is -2.52. The summed E-state index contributed by atoms with van der Waals surface area (Å²) < 4.78 is 0. The number of aryl methyl sites for hydroxylation is 1. The highest BCUT2D eigenvalue weighted by atomic mass is 16.2. The molecule has 0 bridgehead atoms. The summed E-state index contributed by atoms with van der Waals surface area (Å²) in [5.41, 5.74) is 22.6. The molecule has 0 aliphatic heterocycles. The average Bonchev–Trinajstić information content (AvgIpc) is 3.52. The highest BCUT2D eigenvalue weighted by Gasteiger charge is 2.36. The number of anilines is 2. The molecule has 11 heteroatoms. The van der Waals surface area contributed by atoms with Gasteiger partial charge in [0.15, 0.2) is 0 Å². The summed E-state index contributed by atoms with van der Waals surface area (Å²) in [5.74, 6) is 0.411. The van der Waals surface area contributed by atoms with Crippen LogP contribution < -0.4 is 22.1 Å². The Hall–Kier alpha value is -4.64. The predicted octanol–water partition coefficient (Wildman–Crippen LogP) is 3.01. The fraction of sp³-hybridized carbons (Fsp3) is 0.333. The van der Waals surface area contributed by atoms with Gasteiger partial charge >= 0.3 is 0 Å². The minimum absolute atomic E-state index is 0.105. The van der Waals surface area contributed by atoms with E-state index in [2.05, 4.69) is 25.6 Å². The molecular formula is C30H35N9O2. The minimum Gasteiger partial charge on any atom is -0.384 e. The number of carbonyl (C=O) groups excluding carboxylic acids is 2. The van der Waals surface area contributed by atoms with Crippen LogP contribution >= 0.6 is 0 Å². The topological polar surface area (TPSA) is 183 Å². The molecule has 11 nitrogen and oxygen atoms in total. The van der Waals surface area contributed by atoms with E-state index in [1.165, 1.54) is 0 Å². The number of nitrogen functional groups attached to an aromatic ring is 1. The third-order valence-corrected chi connectivity index (χ3v) is 7.93. The SMILES string of the molecule is Cc1nc(N)ccc1-c1cccc(C[C@@H](C(N)=O)N(C(=O)C2CCC(CN)CC2)c2ccc(-c3nn[nH]n3)cc2)c1. The van der Waals surface area contributed by atoms with E-state index in [4.69, 9.17) is 17.2 Å². The maximum atomic E-state index is 14.1. The van der Waals surface area contributed by atoms with Gasteiger partial charge in [-0.25, -0.2) is 4.98 Å². The molecular weight excluding hydrogens is 518 g/mol. The molecule has 41 heavy (non-hydrogen) atoms. The molecule has 0 unspecified atom stereocenters. The van der Waals surface area contributed by atoms with Gasteiger partial charge in [0.2, 0.25) is 17.6 Å². The Bertz CT molecular complexity index is 1500. The van der Waals surface area contributed by atoms with Crippen molar-refractivity contribution in [3.05, 3.63) is 71.9 Å². The van der Waals surface area contributed by atoms with Crippen LogP contribution in [0.5, 0.6) is 0 Å². The number of aromatic nitrogens is 5. The van der Waals surface area contributed by atoms with Crippen LogP contribution in [0.15, 0.2) is 60.7 Å². The molecule has 0 radical (unpaired) electrons. The number of benzene rings is 2. The van der Waals surface area contributed by atoms with Crippen molar-refractivity contribution in [3.63, 3.8) is 0 Å². The molecule has 0 spiro atoms. The Balaban J connectivity index is 1.48. The van der Waals surface area contributed by atoms with Gasteiger partial charge in [0, 0.05) is 34.8 Å². The zero-order chi connectivity index (χ0) is 28.9. The van der Waals surface area contributed by atoms with E-state index in [1.807, 2.05) is 37.3 Å². The quantitative estimate of drug-likeness (QED) is 0.244. The number of hydrogen-bond donors (Lipinski definition) is 4. The van der Waals surface area contributed by atoms with Gasteiger partial charge < -0.3 is 17.2 Å². The Labute approximate surface area is 238 Å². The first-order chi connectivity index (χ1) is 19.8. The Morgan fingerprint density at radius 2 is 1.78 bits per heavy atom. The lowest BCUT2D eigenvalue weighted by atomic mass is 9.81. The molecule has 1 aliphatic carbocycles. The first-order valence-corrected chi connectivity index (χ1v) is 13.8. The van der Waals surface area contributed by atoms with Gasteiger partial charge in [-0.1, -0.05) is 24.3 Å². The second kappa shape index (κ2) is 12.3. The van der Waals surface area contributed by atoms with Crippen molar-refractivity contribution in [2.45, 2.75) is 45.1 Å². The number of nitrogens with one attached hydrogen (secondary N) is 1. The number of hydrogen-bond acceptors (Lipinski definition) is 8. The van der Waals surface area contributed by atoms with Crippen molar-refractivity contribution in [1.82, 2.24) is 25.6 Å². The number of tetrazole rings is 1. The second-order valence-electron chi connectivity index (χ2n) is 10.6. The lowest BCUT2D eigenvalue weighted by Gasteiger charge is -2.35. The number of pyridine rings is 1. The van der Waals surface area contributed by atoms with Crippen molar-refractivity contribution in [3.8, 4) is 22.5 Å². The fourth-order valence-electron chi connectivity index (χ4n) is 5.65. The van der Waals surface area contributed by atoms with E-state index < -0.39 is 11.9 Å². The van der Waals surface area contributed by atoms with E-state index in [0.717, 1.165) is 53.6 Å². The molecule has 1 fully saturated rings. The largest absolute Gasteiger partial charge is 0.384 e. The van der Waals surface area contributed by atoms with Gasteiger partial charge in [-0.05, 0) is 97.8 Å². The van der Waals surface area contributed by atoms with Crippen LogP contribution in [0.2, 0.25) is 0 Å². The van der Waals surface area contributed by atoms with Gasteiger partial charge in [0.05, 0.1) is 0 Å². The molecule has 2 aromatic heterocycles. The molecule has 2 aromatic carbocycles. The minimum atomic E-state index is -0.897. The molecule has 7 N–H and O–H groups in total. The van der Waals surface area contributed by atoms with Crippen LogP contribution in [0.1, 0.15) is 36.9 Å². The molecule has 4 aromatic rings. The predicted molar refractivity (Wildman–Crippen MR) is 157 cm³/mol. The second-order valence-corrected chi connectivity index (χ2v) is 10.6. The van der Waals surface area contributed by atoms with E-state index >= 15 is 0 Å². The van der Waals surface area contributed by atoms with Crippen LogP contribution in [0.25, 0.3) is 22.5 Å². The smallest absolute Gasteiger partial charge is 0.240 e. The van der Waals surface area contributed by atoms with Crippen LogP contribution in [0.3, 0.4) is 0 Å². The average molecular weight is 554 g/mol. The third-order valence-electron chi connectivity index (χ3n) is 7.93. The van der Waals surface area contributed by atoms with Crippen molar-refractivity contribution in [2.75, 3.05) is 17.2 Å². The highest BCUT2D eigenvalue weighted by molar-refractivity contribution is 6.01. The maximum absolute atomic E-state index is 14.1. The van der Waals surface area contributed by atoms with Gasteiger partial charge in [-0.2, -0.15) is 5.21 Å². The van der Waals surface area contributed by atoms with Crippen molar-refractivity contribution in [1.29, 1.82) is 0 Å². The van der Waals surface area contributed by atoms with Gasteiger partial charge in [-0.15, -0.1) is 10.2 Å². The third kappa shape index (κ3) is 6.25. The molecule has 0 saturated heterocycles. The van der Waals surface area contributed by atoms with E-state index in [9.17, 15) is 9.59 Å². The fourth-order valence-corrected chi connectivity index (χ4v) is 5.65. The van der Waals surface area contributed by atoms with Crippen molar-refractivity contribution in [2.24, 2.45) is 23.3 Å². The van der Waals surface area contributed by atoms with Crippen molar-refractivity contribution >= 4 is 23.3 Å². The number of nitrogens with two attached hydrogens (primary N) is 3.